The van der Waals surface area contributed by atoms with Gasteiger partial charge in [0.25, 0.3) is 6.43 Å². The molecule has 2 unspecified atom stereocenters. The lowest BCUT2D eigenvalue weighted by Gasteiger charge is -2.25. The molecule has 1 aliphatic heterocycles. The van der Waals surface area contributed by atoms with E-state index in [-0.39, 0.29) is 18.1 Å². The number of hydrogen-bond acceptors (Lipinski definition) is 2. The Hall–Kier alpha value is -0.710. The monoisotopic (exact) mass is 262 g/mol. The minimum absolute atomic E-state index is 0.158. The van der Waals surface area contributed by atoms with Crippen molar-refractivity contribution in [3.63, 3.8) is 0 Å². The summed E-state index contributed by atoms with van der Waals surface area (Å²) in [7, 11) is 0. The molecular formula is C13H24F2N2O. The summed E-state index contributed by atoms with van der Waals surface area (Å²) in [6.45, 7) is 5.67. The van der Waals surface area contributed by atoms with Gasteiger partial charge < -0.3 is 4.90 Å². The van der Waals surface area contributed by atoms with Crippen molar-refractivity contribution in [1.82, 2.24) is 10.2 Å². The molecule has 1 aliphatic rings. The molecule has 0 aliphatic carbocycles. The maximum Gasteiger partial charge on any atom is 0.255 e. The molecule has 1 N–H and O–H groups in total. The highest BCUT2D eigenvalue weighted by atomic mass is 19.3. The van der Waals surface area contributed by atoms with E-state index in [1.165, 1.54) is 4.90 Å². The molecule has 0 saturated carbocycles. The Morgan fingerprint density at radius 2 is 2.06 bits per heavy atom. The lowest BCUT2D eigenvalue weighted by Crippen LogP contribution is -2.41. The first-order valence-corrected chi connectivity index (χ1v) is 6.80. The molecule has 106 valence electrons. The molecule has 3 nitrogen and oxygen atoms in total. The normalized spacial score (nSPS) is 24.6. The Morgan fingerprint density at radius 1 is 1.39 bits per heavy atom. The molecule has 1 heterocycles. The summed E-state index contributed by atoms with van der Waals surface area (Å²) >= 11 is 0. The van der Waals surface area contributed by atoms with Crippen LogP contribution in [-0.4, -0.2) is 36.0 Å². The number of hydrogen-bond donors (Lipinski definition) is 1. The molecule has 0 aromatic carbocycles. The molecule has 1 fully saturated rings. The van der Waals surface area contributed by atoms with E-state index in [2.05, 4.69) is 12.2 Å². The van der Waals surface area contributed by atoms with Gasteiger partial charge in [-0.3, -0.25) is 10.1 Å². The summed E-state index contributed by atoms with van der Waals surface area (Å²) in [6, 6.07) is -0.271. The van der Waals surface area contributed by atoms with Crippen molar-refractivity contribution in [2.45, 2.75) is 65.1 Å². The molecule has 0 aromatic rings. The highest BCUT2D eigenvalue weighted by Crippen LogP contribution is 2.21. The van der Waals surface area contributed by atoms with Crippen LogP contribution in [0.1, 0.15) is 46.5 Å². The van der Waals surface area contributed by atoms with Gasteiger partial charge in [0.15, 0.2) is 0 Å². The molecule has 0 aromatic heterocycles. The van der Waals surface area contributed by atoms with Crippen molar-refractivity contribution in [3.8, 4) is 0 Å². The fraction of sp³-hybridized carbons (Fsp3) is 0.923. The Morgan fingerprint density at radius 3 is 2.56 bits per heavy atom. The average Bonchev–Trinajstić information content (AvgIpc) is 2.53. The van der Waals surface area contributed by atoms with Gasteiger partial charge >= 0.3 is 0 Å². The van der Waals surface area contributed by atoms with Crippen LogP contribution in [0.5, 0.6) is 0 Å². The lowest BCUT2D eigenvalue weighted by molar-refractivity contribution is -0.132. The maximum absolute atomic E-state index is 12.5. The Bertz CT molecular complexity index is 272. The van der Waals surface area contributed by atoms with Gasteiger partial charge in [0.2, 0.25) is 5.91 Å². The Kier molecular flexibility index (Phi) is 5.99. The standard InChI is InChI=1S/C13H24F2N2O/c1-4-5-6-10-13(18)17(8-11(14)15)12(16-10)7-9(2)3/h9-12,16H,4-8H2,1-3H3. The summed E-state index contributed by atoms with van der Waals surface area (Å²) in [5, 5.41) is 3.21. The van der Waals surface area contributed by atoms with Gasteiger partial charge in [-0.2, -0.15) is 0 Å². The summed E-state index contributed by atoms with van der Waals surface area (Å²) in [4.78, 5) is 13.4. The van der Waals surface area contributed by atoms with Crippen molar-refractivity contribution in [1.29, 1.82) is 0 Å². The first-order chi connectivity index (χ1) is 8.45. The Labute approximate surface area is 108 Å². The van der Waals surface area contributed by atoms with E-state index in [0.29, 0.717) is 5.92 Å². The van der Waals surface area contributed by atoms with Crippen molar-refractivity contribution in [2.75, 3.05) is 6.54 Å². The fourth-order valence-electron chi connectivity index (χ4n) is 2.37. The van der Waals surface area contributed by atoms with Gasteiger partial charge in [-0.25, -0.2) is 8.78 Å². The molecule has 1 rings (SSSR count). The maximum atomic E-state index is 12.5. The van der Waals surface area contributed by atoms with Gasteiger partial charge in [-0.15, -0.1) is 0 Å². The van der Waals surface area contributed by atoms with Crippen molar-refractivity contribution in [3.05, 3.63) is 0 Å². The van der Waals surface area contributed by atoms with Crippen LogP contribution in [0, 0.1) is 5.92 Å². The molecule has 5 heteroatoms. The van der Waals surface area contributed by atoms with Crippen LogP contribution in [0.25, 0.3) is 0 Å². The van der Waals surface area contributed by atoms with Crippen LogP contribution in [0.3, 0.4) is 0 Å². The number of amides is 1. The van der Waals surface area contributed by atoms with Crippen molar-refractivity contribution in [2.24, 2.45) is 5.92 Å². The molecule has 18 heavy (non-hydrogen) atoms. The van der Waals surface area contributed by atoms with E-state index in [4.69, 9.17) is 0 Å². The SMILES string of the molecule is CCCCC1NC(CC(C)C)N(CC(F)F)C1=O. The zero-order chi connectivity index (χ0) is 13.7. The summed E-state index contributed by atoms with van der Waals surface area (Å²) in [6.07, 6.45) is 0.726. The van der Waals surface area contributed by atoms with E-state index in [1.54, 1.807) is 0 Å². The van der Waals surface area contributed by atoms with E-state index >= 15 is 0 Å². The quantitative estimate of drug-likeness (QED) is 0.765. The summed E-state index contributed by atoms with van der Waals surface area (Å²) < 4.78 is 25.1. The summed E-state index contributed by atoms with van der Waals surface area (Å²) in [5.74, 6) is 0.217. The number of halogens is 2. The molecule has 1 saturated heterocycles. The second kappa shape index (κ2) is 7.02. The highest BCUT2D eigenvalue weighted by Gasteiger charge is 2.39. The van der Waals surface area contributed by atoms with Gasteiger partial charge in [-0.1, -0.05) is 33.6 Å². The van der Waals surface area contributed by atoms with E-state index in [1.807, 2.05) is 13.8 Å². The van der Waals surface area contributed by atoms with Crippen LogP contribution in [0.15, 0.2) is 0 Å². The van der Waals surface area contributed by atoms with Crippen LogP contribution < -0.4 is 5.32 Å². The van der Waals surface area contributed by atoms with E-state index < -0.39 is 13.0 Å². The van der Waals surface area contributed by atoms with Crippen LogP contribution in [0.4, 0.5) is 8.78 Å². The number of alkyl halides is 2. The van der Waals surface area contributed by atoms with Crippen molar-refractivity contribution >= 4 is 5.91 Å². The Balaban J connectivity index is 2.65. The number of carbonyl (C=O) groups is 1. The topological polar surface area (TPSA) is 32.3 Å². The first kappa shape index (κ1) is 15.3. The highest BCUT2D eigenvalue weighted by molar-refractivity contribution is 5.84. The molecule has 0 radical (unpaired) electrons. The molecule has 0 bridgehead atoms. The average molecular weight is 262 g/mol. The summed E-state index contributed by atoms with van der Waals surface area (Å²) in [5.41, 5.74) is 0. The molecule has 1 amide bonds. The molecule has 0 spiro atoms. The van der Waals surface area contributed by atoms with Gasteiger partial charge in [0.05, 0.1) is 18.8 Å². The number of carbonyl (C=O) groups excluding carboxylic acids is 1. The van der Waals surface area contributed by atoms with Gasteiger partial charge in [-0.05, 0) is 18.8 Å². The van der Waals surface area contributed by atoms with Crippen molar-refractivity contribution < 1.29 is 13.6 Å². The number of nitrogens with one attached hydrogen (secondary N) is 1. The van der Waals surface area contributed by atoms with E-state index in [9.17, 15) is 13.6 Å². The largest absolute Gasteiger partial charge is 0.320 e. The zero-order valence-corrected chi connectivity index (χ0v) is 11.5. The third-order valence-electron chi connectivity index (χ3n) is 3.23. The molecule has 2 atom stereocenters. The van der Waals surface area contributed by atoms with Crippen LogP contribution in [0.2, 0.25) is 0 Å². The number of unbranched alkanes of at least 4 members (excludes halogenated alkanes) is 1. The fourth-order valence-corrected chi connectivity index (χ4v) is 2.37. The zero-order valence-electron chi connectivity index (χ0n) is 11.5. The predicted molar refractivity (Wildman–Crippen MR) is 67.4 cm³/mol. The second-order valence-corrected chi connectivity index (χ2v) is 5.39. The van der Waals surface area contributed by atoms with Crippen LogP contribution in [-0.2, 0) is 4.79 Å². The second-order valence-electron chi connectivity index (χ2n) is 5.39. The predicted octanol–water partition coefficient (Wildman–Crippen LogP) is 2.61. The minimum atomic E-state index is -2.46. The van der Waals surface area contributed by atoms with Gasteiger partial charge in [0.1, 0.15) is 0 Å². The first-order valence-electron chi connectivity index (χ1n) is 6.80. The minimum Gasteiger partial charge on any atom is -0.320 e. The number of nitrogens with zero attached hydrogens (tertiary/aromatic N) is 1. The number of rotatable bonds is 7. The van der Waals surface area contributed by atoms with E-state index in [0.717, 1.165) is 25.7 Å². The smallest absolute Gasteiger partial charge is 0.255 e. The third-order valence-corrected chi connectivity index (χ3v) is 3.23. The lowest BCUT2D eigenvalue weighted by atomic mass is 10.1. The molecular weight excluding hydrogens is 238 g/mol. The van der Waals surface area contributed by atoms with Gasteiger partial charge in [0, 0.05) is 0 Å². The van der Waals surface area contributed by atoms with Crippen LogP contribution >= 0.6 is 0 Å². The third kappa shape index (κ3) is 4.19.